The molecule has 5 nitrogen and oxygen atoms in total. The summed E-state index contributed by atoms with van der Waals surface area (Å²) in [5, 5.41) is 7.80. The quantitative estimate of drug-likeness (QED) is 0.749. The highest BCUT2D eigenvalue weighted by Crippen LogP contribution is 2.23. The fourth-order valence-corrected chi connectivity index (χ4v) is 1.74. The molecule has 1 aromatic carbocycles. The van der Waals surface area contributed by atoms with Crippen molar-refractivity contribution >= 4 is 0 Å². The molecule has 5 heteroatoms. The van der Waals surface area contributed by atoms with Crippen LogP contribution in [-0.2, 0) is 9.47 Å². The van der Waals surface area contributed by atoms with Crippen LogP contribution in [0.3, 0.4) is 0 Å². The summed E-state index contributed by atoms with van der Waals surface area (Å²) in [6.45, 7) is 6.87. The lowest BCUT2D eigenvalue weighted by Crippen LogP contribution is -2.08. The minimum atomic E-state index is -0.325. The van der Waals surface area contributed by atoms with Gasteiger partial charge >= 0.3 is 0 Å². The van der Waals surface area contributed by atoms with Crippen molar-refractivity contribution in [3.63, 3.8) is 0 Å². The molecule has 0 radical (unpaired) electrons. The van der Waals surface area contributed by atoms with E-state index in [4.69, 9.17) is 13.9 Å². The molecule has 0 N–H and O–H groups in total. The van der Waals surface area contributed by atoms with Gasteiger partial charge in [-0.25, -0.2) is 0 Å². The van der Waals surface area contributed by atoms with Gasteiger partial charge in [0, 0.05) is 31.3 Å². The van der Waals surface area contributed by atoms with Crippen molar-refractivity contribution in [2.75, 3.05) is 13.2 Å². The van der Waals surface area contributed by atoms with Crippen LogP contribution in [0.1, 0.15) is 31.6 Å². The average Bonchev–Trinajstić information content (AvgIpc) is 2.85. The van der Waals surface area contributed by atoms with E-state index in [0.29, 0.717) is 25.0 Å². The van der Waals surface area contributed by atoms with Gasteiger partial charge in [0.15, 0.2) is 6.29 Å². The van der Waals surface area contributed by atoms with E-state index in [1.807, 2.05) is 38.1 Å². The van der Waals surface area contributed by atoms with Gasteiger partial charge in [0.2, 0.25) is 11.8 Å². The Morgan fingerprint density at radius 1 is 1.05 bits per heavy atom. The molecule has 0 bridgehead atoms. The second-order valence-electron chi connectivity index (χ2n) is 3.99. The van der Waals surface area contributed by atoms with Crippen LogP contribution in [-0.4, -0.2) is 23.4 Å². The van der Waals surface area contributed by atoms with E-state index < -0.39 is 0 Å². The molecule has 0 fully saturated rings. The largest absolute Gasteiger partial charge is 0.421 e. The Morgan fingerprint density at radius 2 is 1.68 bits per heavy atom. The second kappa shape index (κ2) is 6.45. The molecule has 0 atom stereocenters. The Morgan fingerprint density at radius 3 is 2.16 bits per heavy atom. The highest BCUT2D eigenvalue weighted by atomic mass is 16.7. The fourth-order valence-electron chi connectivity index (χ4n) is 1.74. The molecule has 0 amide bonds. The molecular formula is C14H18N2O3. The minimum absolute atomic E-state index is 0.325. The van der Waals surface area contributed by atoms with Crippen LogP contribution in [0.5, 0.6) is 0 Å². The number of nitrogens with zero attached hydrogens (tertiary/aromatic N) is 2. The highest BCUT2D eigenvalue weighted by molar-refractivity contribution is 5.53. The van der Waals surface area contributed by atoms with Gasteiger partial charge < -0.3 is 13.9 Å². The third kappa shape index (κ3) is 3.39. The van der Waals surface area contributed by atoms with Crippen LogP contribution in [0.25, 0.3) is 11.5 Å². The smallest absolute Gasteiger partial charge is 0.247 e. The van der Waals surface area contributed by atoms with Crippen LogP contribution in [0.2, 0.25) is 0 Å². The topological polar surface area (TPSA) is 57.4 Å². The second-order valence-corrected chi connectivity index (χ2v) is 3.99. The molecule has 0 saturated heterocycles. The monoisotopic (exact) mass is 262 g/mol. The Kier molecular flexibility index (Phi) is 4.65. The van der Waals surface area contributed by atoms with Gasteiger partial charge in [-0.1, -0.05) is 12.1 Å². The molecule has 102 valence electrons. The Bertz CT molecular complexity index is 502. The van der Waals surface area contributed by atoms with Crippen LogP contribution >= 0.6 is 0 Å². The molecule has 19 heavy (non-hydrogen) atoms. The van der Waals surface area contributed by atoms with Crippen molar-refractivity contribution in [3.8, 4) is 11.5 Å². The molecule has 0 aliphatic heterocycles. The first-order valence-electron chi connectivity index (χ1n) is 6.38. The third-order valence-corrected chi connectivity index (χ3v) is 2.59. The molecule has 0 aliphatic rings. The van der Waals surface area contributed by atoms with Gasteiger partial charge in [0.1, 0.15) is 0 Å². The van der Waals surface area contributed by atoms with Gasteiger partial charge in [-0.3, -0.25) is 0 Å². The SMILES string of the molecule is CCOC(OCC)c1ccc(-c2nnc(C)o2)cc1. The van der Waals surface area contributed by atoms with Crippen molar-refractivity contribution in [2.45, 2.75) is 27.1 Å². The maximum Gasteiger partial charge on any atom is 0.247 e. The summed E-state index contributed by atoms with van der Waals surface area (Å²) in [5.41, 5.74) is 1.86. The summed E-state index contributed by atoms with van der Waals surface area (Å²) >= 11 is 0. The van der Waals surface area contributed by atoms with Gasteiger partial charge in [0.25, 0.3) is 0 Å². The Hall–Kier alpha value is -1.72. The van der Waals surface area contributed by atoms with Crippen molar-refractivity contribution in [1.29, 1.82) is 0 Å². The van der Waals surface area contributed by atoms with Gasteiger partial charge in [-0.2, -0.15) is 0 Å². The van der Waals surface area contributed by atoms with Crippen molar-refractivity contribution in [3.05, 3.63) is 35.7 Å². The summed E-state index contributed by atoms with van der Waals surface area (Å²) in [6, 6.07) is 7.75. The molecule has 0 spiro atoms. The number of benzene rings is 1. The van der Waals surface area contributed by atoms with Gasteiger partial charge in [0.05, 0.1) is 0 Å². The minimum Gasteiger partial charge on any atom is -0.421 e. The maximum absolute atomic E-state index is 5.54. The number of ether oxygens (including phenoxy) is 2. The standard InChI is InChI=1S/C14H18N2O3/c1-4-17-14(18-5-2)12-8-6-11(7-9-12)13-16-15-10(3)19-13/h6-9,14H,4-5H2,1-3H3. The molecule has 2 rings (SSSR count). The first-order valence-corrected chi connectivity index (χ1v) is 6.38. The van der Waals surface area contributed by atoms with Crippen LogP contribution in [0, 0.1) is 6.92 Å². The molecule has 0 aliphatic carbocycles. The van der Waals surface area contributed by atoms with Crippen LogP contribution in [0.15, 0.2) is 28.7 Å². The average molecular weight is 262 g/mol. The summed E-state index contributed by atoms with van der Waals surface area (Å²) < 4.78 is 16.5. The predicted molar refractivity (Wildman–Crippen MR) is 70.5 cm³/mol. The zero-order valence-electron chi connectivity index (χ0n) is 11.4. The summed E-state index contributed by atoms with van der Waals surface area (Å²) in [6.07, 6.45) is -0.325. The van der Waals surface area contributed by atoms with E-state index in [9.17, 15) is 0 Å². The van der Waals surface area contributed by atoms with Crippen molar-refractivity contribution in [2.24, 2.45) is 0 Å². The van der Waals surface area contributed by atoms with Gasteiger partial charge in [-0.15, -0.1) is 10.2 Å². The number of aryl methyl sites for hydroxylation is 1. The molecule has 1 aromatic heterocycles. The van der Waals surface area contributed by atoms with E-state index in [0.717, 1.165) is 11.1 Å². The molecule has 0 unspecified atom stereocenters. The summed E-state index contributed by atoms with van der Waals surface area (Å²) in [4.78, 5) is 0. The lowest BCUT2D eigenvalue weighted by atomic mass is 10.1. The van der Waals surface area contributed by atoms with Gasteiger partial charge in [-0.05, 0) is 26.0 Å². The van der Waals surface area contributed by atoms with E-state index in [2.05, 4.69) is 10.2 Å². The van der Waals surface area contributed by atoms with E-state index in [1.165, 1.54) is 0 Å². The van der Waals surface area contributed by atoms with Crippen LogP contribution < -0.4 is 0 Å². The van der Waals surface area contributed by atoms with E-state index >= 15 is 0 Å². The zero-order valence-corrected chi connectivity index (χ0v) is 11.4. The first-order chi connectivity index (χ1) is 9.24. The molecule has 0 saturated carbocycles. The molecule has 1 heterocycles. The lowest BCUT2D eigenvalue weighted by Gasteiger charge is -2.17. The summed E-state index contributed by atoms with van der Waals surface area (Å²) in [5.74, 6) is 1.08. The first kappa shape index (κ1) is 13.7. The molecular weight excluding hydrogens is 244 g/mol. The maximum atomic E-state index is 5.54. The zero-order chi connectivity index (χ0) is 13.7. The number of aromatic nitrogens is 2. The highest BCUT2D eigenvalue weighted by Gasteiger charge is 2.12. The number of rotatable bonds is 6. The predicted octanol–water partition coefficient (Wildman–Crippen LogP) is 3.12. The number of hydrogen-bond acceptors (Lipinski definition) is 5. The van der Waals surface area contributed by atoms with E-state index in [-0.39, 0.29) is 6.29 Å². The normalized spacial score (nSPS) is 11.2. The number of hydrogen-bond donors (Lipinski definition) is 0. The molecule has 2 aromatic rings. The lowest BCUT2D eigenvalue weighted by molar-refractivity contribution is -0.140. The van der Waals surface area contributed by atoms with Crippen LogP contribution in [0.4, 0.5) is 0 Å². The third-order valence-electron chi connectivity index (χ3n) is 2.59. The van der Waals surface area contributed by atoms with Crippen molar-refractivity contribution < 1.29 is 13.9 Å². The Balaban J connectivity index is 2.17. The summed E-state index contributed by atoms with van der Waals surface area (Å²) in [7, 11) is 0. The van der Waals surface area contributed by atoms with Crippen molar-refractivity contribution in [1.82, 2.24) is 10.2 Å². The van der Waals surface area contributed by atoms with E-state index in [1.54, 1.807) is 6.92 Å². The Labute approximate surface area is 112 Å². The fraction of sp³-hybridized carbons (Fsp3) is 0.429.